The minimum Gasteiger partial charge on any atom is -0.381 e. The van der Waals surface area contributed by atoms with E-state index in [1.54, 1.807) is 42.7 Å². The van der Waals surface area contributed by atoms with E-state index in [0.29, 0.717) is 0 Å². The first kappa shape index (κ1) is 27.2. The normalized spacial score (nSPS) is 12.7. The van der Waals surface area contributed by atoms with E-state index in [4.69, 9.17) is 31.3 Å². The van der Waals surface area contributed by atoms with Crippen molar-refractivity contribution in [2.45, 2.75) is 63.5 Å². The van der Waals surface area contributed by atoms with Gasteiger partial charge in [-0.2, -0.15) is 0 Å². The summed E-state index contributed by atoms with van der Waals surface area (Å²) >= 11 is 0. The molecule has 0 fully saturated rings. The largest absolute Gasteiger partial charge is 0.500 e. The van der Waals surface area contributed by atoms with Gasteiger partial charge in [-0.3, -0.25) is 0 Å². The zero-order valence-corrected chi connectivity index (χ0v) is 20.3. The molecule has 7 nitrogen and oxygen atoms in total. The Morgan fingerprint density at radius 1 is 0.407 bits per heavy atom. The zero-order chi connectivity index (χ0) is 20.4. The van der Waals surface area contributed by atoms with Crippen molar-refractivity contribution in [1.82, 2.24) is 0 Å². The molecule has 0 aliphatic heterocycles. The van der Waals surface area contributed by atoms with Crippen molar-refractivity contribution in [1.29, 1.82) is 0 Å². The zero-order valence-electron chi connectivity index (χ0n) is 18.3. The lowest BCUT2D eigenvalue weighted by atomic mass is 10.2. The smallest absolute Gasteiger partial charge is 0.381 e. The highest BCUT2D eigenvalue weighted by molar-refractivity contribution is 6.60. The third-order valence-electron chi connectivity index (χ3n) is 4.91. The van der Waals surface area contributed by atoms with Crippen LogP contribution in [0.5, 0.6) is 0 Å². The number of rotatable bonds is 20. The SMILES string of the molecule is CO[Si](CCCCCCOCCCCCC[Si](OC)(OC)OC)(OC)OC. The maximum absolute atomic E-state index is 5.72. The molecule has 0 aromatic heterocycles. The van der Waals surface area contributed by atoms with E-state index < -0.39 is 17.6 Å². The van der Waals surface area contributed by atoms with Gasteiger partial charge in [-0.25, -0.2) is 0 Å². The Labute approximate surface area is 168 Å². The average Bonchev–Trinajstić information content (AvgIpc) is 2.72. The molecule has 0 saturated carbocycles. The van der Waals surface area contributed by atoms with Crippen molar-refractivity contribution in [3.05, 3.63) is 0 Å². The second-order valence-corrected chi connectivity index (χ2v) is 12.7. The van der Waals surface area contributed by atoms with Crippen molar-refractivity contribution >= 4 is 17.6 Å². The van der Waals surface area contributed by atoms with E-state index >= 15 is 0 Å². The lowest BCUT2D eigenvalue weighted by Gasteiger charge is -2.24. The van der Waals surface area contributed by atoms with Gasteiger partial charge in [0.2, 0.25) is 0 Å². The number of unbranched alkanes of at least 4 members (excludes halogenated alkanes) is 6. The molecule has 0 aliphatic carbocycles. The third-order valence-corrected chi connectivity index (χ3v) is 10.6. The third kappa shape index (κ3) is 11.7. The van der Waals surface area contributed by atoms with Gasteiger partial charge in [0.05, 0.1) is 0 Å². The van der Waals surface area contributed by atoms with Gasteiger partial charge >= 0.3 is 17.6 Å². The lowest BCUT2D eigenvalue weighted by Crippen LogP contribution is -2.42. The maximum Gasteiger partial charge on any atom is 0.500 e. The summed E-state index contributed by atoms with van der Waals surface area (Å²) in [5.41, 5.74) is 0. The number of hydrogen-bond acceptors (Lipinski definition) is 7. The highest BCUT2D eigenvalue weighted by Crippen LogP contribution is 2.18. The van der Waals surface area contributed by atoms with Crippen LogP contribution in [0.4, 0.5) is 0 Å². The van der Waals surface area contributed by atoms with Crippen LogP contribution in [0.1, 0.15) is 51.4 Å². The molecule has 0 amide bonds. The molecular formula is C18H42O7Si2. The Balaban J connectivity index is 3.46. The van der Waals surface area contributed by atoms with Gasteiger partial charge in [0.25, 0.3) is 0 Å². The van der Waals surface area contributed by atoms with Gasteiger partial charge in [-0.15, -0.1) is 0 Å². The fraction of sp³-hybridized carbons (Fsp3) is 1.00. The van der Waals surface area contributed by atoms with Crippen LogP contribution in [0.3, 0.4) is 0 Å². The second-order valence-electron chi connectivity index (χ2n) is 6.53. The molecule has 0 rings (SSSR count). The van der Waals surface area contributed by atoms with Gasteiger partial charge < -0.3 is 31.3 Å². The summed E-state index contributed by atoms with van der Waals surface area (Å²) in [5.74, 6) is 0. The Morgan fingerprint density at radius 3 is 1.00 bits per heavy atom. The van der Waals surface area contributed by atoms with Crippen molar-refractivity contribution in [3.8, 4) is 0 Å². The summed E-state index contributed by atoms with van der Waals surface area (Å²) in [6.07, 6.45) is 8.97. The van der Waals surface area contributed by atoms with Crippen LogP contribution in [-0.2, 0) is 31.3 Å². The molecule has 0 atom stereocenters. The quantitative estimate of drug-likeness (QED) is 0.216. The fourth-order valence-corrected chi connectivity index (χ4v) is 6.60. The van der Waals surface area contributed by atoms with Crippen molar-refractivity contribution in [2.24, 2.45) is 0 Å². The van der Waals surface area contributed by atoms with Crippen LogP contribution in [0.15, 0.2) is 0 Å². The van der Waals surface area contributed by atoms with Crippen LogP contribution in [0.25, 0.3) is 0 Å². The first-order valence-electron chi connectivity index (χ1n) is 9.96. The van der Waals surface area contributed by atoms with Crippen molar-refractivity contribution < 1.29 is 31.3 Å². The molecule has 0 spiro atoms. The van der Waals surface area contributed by atoms with Crippen LogP contribution in [0.2, 0.25) is 12.1 Å². The predicted octanol–water partition coefficient (Wildman–Crippen LogP) is 3.88. The Hall–Kier alpha value is 0.154. The summed E-state index contributed by atoms with van der Waals surface area (Å²) in [7, 11) is 5.22. The van der Waals surface area contributed by atoms with Gasteiger partial charge in [0.15, 0.2) is 0 Å². The van der Waals surface area contributed by atoms with Crippen LogP contribution >= 0.6 is 0 Å². The Morgan fingerprint density at radius 2 is 0.704 bits per heavy atom. The predicted molar refractivity (Wildman–Crippen MR) is 111 cm³/mol. The molecule has 0 bridgehead atoms. The molecule has 0 aliphatic rings. The molecule has 0 N–H and O–H groups in total. The summed E-state index contributed by atoms with van der Waals surface area (Å²) in [5, 5.41) is 0. The van der Waals surface area contributed by atoms with Crippen LogP contribution in [-0.4, -0.2) is 73.5 Å². The van der Waals surface area contributed by atoms with Gasteiger partial charge in [0, 0.05) is 68.0 Å². The molecule has 0 heterocycles. The minimum absolute atomic E-state index is 0.842. The highest BCUT2D eigenvalue weighted by atomic mass is 28.4. The van der Waals surface area contributed by atoms with E-state index in [0.717, 1.165) is 63.8 Å². The van der Waals surface area contributed by atoms with Crippen LogP contribution in [0, 0.1) is 0 Å². The Bertz CT molecular complexity index is 280. The van der Waals surface area contributed by atoms with E-state index in [-0.39, 0.29) is 0 Å². The van der Waals surface area contributed by atoms with Crippen molar-refractivity contribution in [3.63, 3.8) is 0 Å². The van der Waals surface area contributed by atoms with Gasteiger partial charge in [0.1, 0.15) is 0 Å². The average molecular weight is 427 g/mol. The molecule has 27 heavy (non-hydrogen) atoms. The van der Waals surface area contributed by atoms with Crippen LogP contribution < -0.4 is 0 Å². The molecule has 9 heteroatoms. The first-order chi connectivity index (χ1) is 13.1. The van der Waals surface area contributed by atoms with Crippen molar-refractivity contribution in [2.75, 3.05) is 55.9 Å². The molecule has 164 valence electrons. The van der Waals surface area contributed by atoms with Gasteiger partial charge in [-0.1, -0.05) is 25.7 Å². The molecule has 0 unspecified atom stereocenters. The van der Waals surface area contributed by atoms with E-state index in [1.165, 1.54) is 12.8 Å². The molecule has 0 radical (unpaired) electrons. The molecular weight excluding hydrogens is 384 g/mol. The summed E-state index contributed by atoms with van der Waals surface area (Å²) in [6, 6.07) is 1.74. The standard InChI is InChI=1S/C18H42O7Si2/c1-19-26(20-2,21-3)17-13-9-7-11-15-25-16-12-8-10-14-18-27(22-4,23-5)24-6/h7-18H2,1-6H3. The van der Waals surface area contributed by atoms with E-state index in [1.807, 2.05) is 0 Å². The number of ether oxygens (including phenoxy) is 1. The first-order valence-corrected chi connectivity index (χ1v) is 13.8. The van der Waals surface area contributed by atoms with E-state index in [9.17, 15) is 0 Å². The topological polar surface area (TPSA) is 64.6 Å². The monoisotopic (exact) mass is 426 g/mol. The lowest BCUT2D eigenvalue weighted by molar-refractivity contribution is 0.120. The molecule has 0 aromatic rings. The summed E-state index contributed by atoms with van der Waals surface area (Å²) in [6.45, 7) is 1.68. The minimum atomic E-state index is -2.39. The highest BCUT2D eigenvalue weighted by Gasteiger charge is 2.37. The van der Waals surface area contributed by atoms with E-state index in [2.05, 4.69) is 0 Å². The summed E-state index contributed by atoms with van der Waals surface area (Å²) < 4.78 is 38.3. The van der Waals surface area contributed by atoms with Gasteiger partial charge in [-0.05, 0) is 25.7 Å². The second kappa shape index (κ2) is 17.0. The molecule has 0 aromatic carbocycles. The molecule has 0 saturated heterocycles. The number of hydrogen-bond donors (Lipinski definition) is 0. The Kier molecular flexibility index (Phi) is 17.1. The fourth-order valence-electron chi connectivity index (χ4n) is 3.01. The maximum atomic E-state index is 5.72. The summed E-state index contributed by atoms with van der Waals surface area (Å²) in [4.78, 5) is 0.